The molecule has 2 N–H and O–H groups in total. The molecule has 7 heteroatoms. The summed E-state index contributed by atoms with van der Waals surface area (Å²) < 4.78 is 40.9. The second kappa shape index (κ2) is 7.26. The van der Waals surface area contributed by atoms with Gasteiger partial charge in [0.15, 0.2) is 0 Å². The lowest BCUT2D eigenvalue weighted by molar-refractivity contribution is -0.118. The number of aliphatic hydroxyl groups is 1. The molecule has 0 spiro atoms. The van der Waals surface area contributed by atoms with Gasteiger partial charge < -0.3 is 10.4 Å². The normalized spacial score (nSPS) is 18.4. The van der Waals surface area contributed by atoms with Crippen molar-refractivity contribution < 1.29 is 18.3 Å². The largest absolute Gasteiger partial charge is 0.390 e. The first-order valence-corrected chi connectivity index (χ1v) is 6.23. The van der Waals surface area contributed by atoms with Crippen LogP contribution in [0.5, 0.6) is 0 Å². The molecule has 1 saturated heterocycles. The van der Waals surface area contributed by atoms with Gasteiger partial charge in [-0.3, -0.25) is 4.90 Å². The van der Waals surface area contributed by atoms with Gasteiger partial charge in [0, 0.05) is 26.2 Å². The molecule has 1 aromatic carbocycles. The number of alkyl halides is 2. The van der Waals surface area contributed by atoms with Gasteiger partial charge in [-0.1, -0.05) is 12.1 Å². The van der Waals surface area contributed by atoms with Crippen molar-refractivity contribution in [3.8, 4) is 0 Å². The Balaban J connectivity index is 0.00000200. The second-order valence-corrected chi connectivity index (χ2v) is 4.66. The Hall–Kier alpha value is -0.820. The average molecular weight is 311 g/mol. The van der Waals surface area contributed by atoms with E-state index >= 15 is 0 Å². The van der Waals surface area contributed by atoms with E-state index in [9.17, 15) is 13.2 Å². The highest BCUT2D eigenvalue weighted by Gasteiger charge is 2.43. The zero-order valence-corrected chi connectivity index (χ0v) is 11.7. The average Bonchev–Trinajstić information content (AvgIpc) is 2.42. The van der Waals surface area contributed by atoms with Crippen molar-refractivity contribution in [2.45, 2.75) is 12.0 Å². The summed E-state index contributed by atoms with van der Waals surface area (Å²) in [6.45, 7) is 0.965. The highest BCUT2D eigenvalue weighted by atomic mass is 35.5. The summed E-state index contributed by atoms with van der Waals surface area (Å²) >= 11 is 0. The molecule has 3 nitrogen and oxygen atoms in total. The van der Waals surface area contributed by atoms with E-state index < -0.39 is 24.4 Å². The minimum atomic E-state index is -3.25. The number of aliphatic hydroxyl groups excluding tert-OH is 1. The Morgan fingerprint density at radius 3 is 2.25 bits per heavy atom. The Labute approximate surface area is 122 Å². The van der Waals surface area contributed by atoms with Gasteiger partial charge in [0.2, 0.25) is 0 Å². The van der Waals surface area contributed by atoms with Crippen LogP contribution in [0.15, 0.2) is 24.3 Å². The summed E-state index contributed by atoms with van der Waals surface area (Å²) in [7, 11) is 0. The maximum absolute atomic E-state index is 14.0. The van der Waals surface area contributed by atoms with Crippen molar-refractivity contribution in [1.29, 1.82) is 0 Å². The molecule has 0 radical (unpaired) electrons. The van der Waals surface area contributed by atoms with Crippen LogP contribution in [0.4, 0.5) is 13.2 Å². The lowest BCUT2D eigenvalue weighted by atomic mass is 9.98. The number of nitrogens with one attached hydrogen (secondary N) is 1. The SMILES string of the molecule is Cl.OCC(F)(F)[C@@H](c1ccc(F)cc1)N1CCNCC1. The molecule has 0 aliphatic carbocycles. The maximum Gasteiger partial charge on any atom is 0.289 e. The number of nitrogens with zero attached hydrogens (tertiary/aromatic N) is 1. The molecule has 20 heavy (non-hydrogen) atoms. The van der Waals surface area contributed by atoms with Gasteiger partial charge >= 0.3 is 0 Å². The molecule has 0 saturated carbocycles. The third-order valence-electron chi connectivity index (χ3n) is 3.31. The summed E-state index contributed by atoms with van der Waals surface area (Å²) in [5, 5.41) is 12.0. The monoisotopic (exact) mass is 310 g/mol. The Morgan fingerprint density at radius 1 is 1.20 bits per heavy atom. The van der Waals surface area contributed by atoms with Crippen LogP contribution in [0.3, 0.4) is 0 Å². The minimum Gasteiger partial charge on any atom is -0.390 e. The van der Waals surface area contributed by atoms with E-state index in [-0.39, 0.29) is 12.4 Å². The molecule has 0 aromatic heterocycles. The molecule has 2 rings (SSSR count). The van der Waals surface area contributed by atoms with Gasteiger partial charge in [0.25, 0.3) is 5.92 Å². The van der Waals surface area contributed by atoms with Crippen LogP contribution >= 0.6 is 12.4 Å². The van der Waals surface area contributed by atoms with Crippen molar-refractivity contribution in [2.24, 2.45) is 0 Å². The van der Waals surface area contributed by atoms with Crippen LogP contribution in [0.1, 0.15) is 11.6 Å². The van der Waals surface area contributed by atoms with Gasteiger partial charge in [-0.05, 0) is 17.7 Å². The summed E-state index contributed by atoms with van der Waals surface area (Å²) in [6.07, 6.45) is 0. The van der Waals surface area contributed by atoms with E-state index in [2.05, 4.69) is 5.32 Å². The van der Waals surface area contributed by atoms with Gasteiger partial charge in [0.1, 0.15) is 18.5 Å². The summed E-state index contributed by atoms with van der Waals surface area (Å²) in [6, 6.07) is 3.81. The summed E-state index contributed by atoms with van der Waals surface area (Å²) in [4.78, 5) is 1.62. The first kappa shape index (κ1) is 17.2. The van der Waals surface area contributed by atoms with Crippen molar-refractivity contribution in [3.05, 3.63) is 35.6 Å². The fourth-order valence-electron chi connectivity index (χ4n) is 2.39. The fraction of sp³-hybridized carbons (Fsp3) is 0.538. The highest BCUT2D eigenvalue weighted by Crippen LogP contribution is 2.36. The number of piperazine rings is 1. The summed E-state index contributed by atoms with van der Waals surface area (Å²) in [5.74, 6) is -3.72. The Bertz CT molecular complexity index is 411. The number of benzene rings is 1. The van der Waals surface area contributed by atoms with Crippen LogP contribution < -0.4 is 5.32 Å². The van der Waals surface area contributed by atoms with Gasteiger partial charge in [-0.15, -0.1) is 12.4 Å². The highest BCUT2D eigenvalue weighted by molar-refractivity contribution is 5.85. The number of halogens is 4. The smallest absolute Gasteiger partial charge is 0.289 e. The molecule has 0 bridgehead atoms. The van der Waals surface area contributed by atoms with Crippen molar-refractivity contribution in [1.82, 2.24) is 10.2 Å². The standard InChI is InChI=1S/C13H17F3N2O.ClH/c14-11-3-1-10(2-4-11)12(13(15,16)9-19)18-7-5-17-6-8-18;/h1-4,12,17,19H,5-9H2;1H/t12-;/m1./s1. The second-order valence-electron chi connectivity index (χ2n) is 4.66. The van der Waals surface area contributed by atoms with E-state index in [4.69, 9.17) is 5.11 Å². The quantitative estimate of drug-likeness (QED) is 0.890. The van der Waals surface area contributed by atoms with E-state index in [1.54, 1.807) is 4.90 Å². The van der Waals surface area contributed by atoms with Crippen LogP contribution in [0.2, 0.25) is 0 Å². The third kappa shape index (κ3) is 3.85. The Kier molecular flexibility index (Phi) is 6.26. The molecule has 1 fully saturated rings. The predicted octanol–water partition coefficient (Wildman–Crippen LogP) is 1.82. The number of hydrogen-bond acceptors (Lipinski definition) is 3. The molecule has 0 amide bonds. The molecule has 1 aliphatic rings. The molecule has 1 atom stereocenters. The third-order valence-corrected chi connectivity index (χ3v) is 3.31. The molecule has 1 aromatic rings. The fourth-order valence-corrected chi connectivity index (χ4v) is 2.39. The van der Waals surface area contributed by atoms with Gasteiger partial charge in [-0.25, -0.2) is 13.2 Å². The molecular formula is C13H18ClF3N2O. The molecule has 1 heterocycles. The Morgan fingerprint density at radius 2 is 1.75 bits per heavy atom. The lowest BCUT2D eigenvalue weighted by Crippen LogP contribution is -2.51. The van der Waals surface area contributed by atoms with Crippen LogP contribution in [-0.2, 0) is 0 Å². The van der Waals surface area contributed by atoms with Crippen molar-refractivity contribution in [2.75, 3.05) is 32.8 Å². The van der Waals surface area contributed by atoms with Crippen LogP contribution in [0, 0.1) is 5.82 Å². The first-order chi connectivity index (χ1) is 9.04. The molecule has 114 valence electrons. The van der Waals surface area contributed by atoms with Crippen molar-refractivity contribution >= 4 is 12.4 Å². The van der Waals surface area contributed by atoms with Gasteiger partial charge in [-0.2, -0.15) is 0 Å². The zero-order chi connectivity index (χ0) is 13.9. The molecule has 0 unspecified atom stereocenters. The maximum atomic E-state index is 14.0. The first-order valence-electron chi connectivity index (χ1n) is 6.23. The molecule has 1 aliphatic heterocycles. The lowest BCUT2D eigenvalue weighted by Gasteiger charge is -2.38. The van der Waals surface area contributed by atoms with E-state index in [1.807, 2.05) is 0 Å². The number of rotatable bonds is 4. The minimum absolute atomic E-state index is 0. The van der Waals surface area contributed by atoms with E-state index in [0.717, 1.165) is 12.1 Å². The zero-order valence-electron chi connectivity index (χ0n) is 10.9. The van der Waals surface area contributed by atoms with E-state index in [1.165, 1.54) is 12.1 Å². The van der Waals surface area contributed by atoms with Crippen LogP contribution in [0.25, 0.3) is 0 Å². The molecular weight excluding hydrogens is 293 g/mol. The van der Waals surface area contributed by atoms with E-state index in [0.29, 0.717) is 31.7 Å². The predicted molar refractivity (Wildman–Crippen MR) is 72.9 cm³/mol. The topological polar surface area (TPSA) is 35.5 Å². The van der Waals surface area contributed by atoms with Crippen molar-refractivity contribution in [3.63, 3.8) is 0 Å². The number of hydrogen-bond donors (Lipinski definition) is 2. The van der Waals surface area contributed by atoms with Crippen LogP contribution in [-0.4, -0.2) is 48.7 Å². The van der Waals surface area contributed by atoms with Gasteiger partial charge in [0.05, 0.1) is 0 Å². The summed E-state index contributed by atoms with van der Waals surface area (Å²) in [5.41, 5.74) is 0.322.